The van der Waals surface area contributed by atoms with E-state index in [1.165, 1.54) is 12.8 Å². The number of rotatable bonds is 5. The third kappa shape index (κ3) is 5.13. The van der Waals surface area contributed by atoms with Crippen molar-refractivity contribution in [2.24, 2.45) is 0 Å². The smallest absolute Gasteiger partial charge is 0.266 e. The summed E-state index contributed by atoms with van der Waals surface area (Å²) in [6.07, 6.45) is 6.48. The number of amides is 1. The molecule has 0 atom stereocenters. The van der Waals surface area contributed by atoms with Crippen LogP contribution in [0.25, 0.3) is 0 Å². The number of hydrogen-bond acceptors (Lipinski definition) is 3. The lowest BCUT2D eigenvalue weighted by Crippen LogP contribution is -2.37. The monoisotopic (exact) mass is 325 g/mol. The van der Waals surface area contributed by atoms with Crippen LogP contribution in [0.4, 0.5) is 0 Å². The van der Waals surface area contributed by atoms with Crippen LogP contribution in [0.2, 0.25) is 0 Å². The van der Waals surface area contributed by atoms with Gasteiger partial charge in [-0.1, -0.05) is 43.2 Å². The predicted octanol–water partition coefficient (Wildman–Crippen LogP) is 3.71. The van der Waals surface area contributed by atoms with E-state index in [0.29, 0.717) is 6.54 Å². The third-order valence-electron chi connectivity index (χ3n) is 4.38. The molecule has 0 aromatic heterocycles. The zero-order valence-corrected chi connectivity index (χ0v) is 14.7. The Bertz CT molecular complexity index is 593. The van der Waals surface area contributed by atoms with Gasteiger partial charge in [0.2, 0.25) is 0 Å². The first-order valence-electron chi connectivity index (χ1n) is 8.82. The quantitative estimate of drug-likeness (QED) is 0.612. The fraction of sp³-hybridized carbons (Fsp3) is 0.500. The zero-order chi connectivity index (χ0) is 17.4. The lowest BCUT2D eigenvalue weighted by Gasteiger charge is -2.27. The van der Waals surface area contributed by atoms with Crippen molar-refractivity contribution in [3.05, 3.63) is 47.7 Å². The van der Waals surface area contributed by atoms with Crippen LogP contribution in [0, 0.1) is 11.3 Å². The van der Waals surface area contributed by atoms with Crippen LogP contribution in [0.1, 0.15) is 45.1 Å². The van der Waals surface area contributed by atoms with Crippen molar-refractivity contribution >= 4 is 5.91 Å². The molecule has 0 radical (unpaired) electrons. The number of carbonyl (C=O) groups excluding carboxylic acids is 1. The maximum Gasteiger partial charge on any atom is 0.266 e. The summed E-state index contributed by atoms with van der Waals surface area (Å²) in [4.78, 5) is 16.8. The van der Waals surface area contributed by atoms with Crippen molar-refractivity contribution in [3.8, 4) is 6.07 Å². The van der Waals surface area contributed by atoms with Gasteiger partial charge in [0, 0.05) is 31.9 Å². The van der Waals surface area contributed by atoms with Gasteiger partial charge in [0.25, 0.3) is 5.91 Å². The van der Waals surface area contributed by atoms with Crippen molar-refractivity contribution in [3.63, 3.8) is 0 Å². The Kier molecular flexibility index (Phi) is 6.87. The maximum atomic E-state index is 12.9. The molecule has 4 nitrogen and oxygen atoms in total. The first-order chi connectivity index (χ1) is 11.6. The van der Waals surface area contributed by atoms with Gasteiger partial charge in [0.15, 0.2) is 0 Å². The summed E-state index contributed by atoms with van der Waals surface area (Å²) in [7, 11) is 0. The Morgan fingerprint density at radius 3 is 2.38 bits per heavy atom. The normalized spacial score (nSPS) is 15.8. The van der Waals surface area contributed by atoms with E-state index in [1.807, 2.05) is 44.2 Å². The molecular formula is C20H27N3O. The number of likely N-dealkylation sites (tertiary alicyclic amines) is 1. The molecule has 128 valence electrons. The second-order valence-corrected chi connectivity index (χ2v) is 6.62. The molecule has 24 heavy (non-hydrogen) atoms. The molecule has 0 spiro atoms. The number of benzene rings is 1. The minimum atomic E-state index is -0.180. The van der Waals surface area contributed by atoms with Gasteiger partial charge < -0.3 is 9.80 Å². The molecule has 1 amide bonds. The van der Waals surface area contributed by atoms with Crippen LogP contribution in [-0.4, -0.2) is 34.8 Å². The van der Waals surface area contributed by atoms with E-state index >= 15 is 0 Å². The molecule has 1 aromatic rings. The van der Waals surface area contributed by atoms with Gasteiger partial charge >= 0.3 is 0 Å². The van der Waals surface area contributed by atoms with Gasteiger partial charge in [0.1, 0.15) is 11.6 Å². The fourth-order valence-corrected chi connectivity index (χ4v) is 2.96. The van der Waals surface area contributed by atoms with E-state index in [9.17, 15) is 10.1 Å². The standard InChI is InChI=1S/C20H27N3O/c1-17(2)23(15-18-10-6-5-7-11-18)20(24)19(14-21)16-22-12-8-3-4-9-13-22/h5-7,10-11,16-17H,3-4,8-9,12-13,15H2,1-2H3/b19-16-. The SMILES string of the molecule is CC(C)N(Cc1ccccc1)C(=O)/C(C#N)=C\N1CCCCCC1. The number of nitrogens with zero attached hydrogens (tertiary/aromatic N) is 3. The Balaban J connectivity index is 2.15. The summed E-state index contributed by atoms with van der Waals surface area (Å²) in [5, 5.41) is 9.50. The Morgan fingerprint density at radius 2 is 1.83 bits per heavy atom. The molecule has 1 aromatic carbocycles. The lowest BCUT2D eigenvalue weighted by atomic mass is 10.1. The summed E-state index contributed by atoms with van der Waals surface area (Å²) in [6.45, 7) is 6.36. The molecule has 1 heterocycles. The van der Waals surface area contributed by atoms with Crippen molar-refractivity contribution in [2.75, 3.05) is 13.1 Å². The molecule has 0 unspecified atom stereocenters. The second kappa shape index (κ2) is 9.12. The van der Waals surface area contributed by atoms with Crippen molar-refractivity contribution in [1.29, 1.82) is 5.26 Å². The minimum Gasteiger partial charge on any atom is -0.376 e. The summed E-state index contributed by atoms with van der Waals surface area (Å²) in [5.41, 5.74) is 1.31. The van der Waals surface area contributed by atoms with Crippen molar-refractivity contribution < 1.29 is 4.79 Å². The third-order valence-corrected chi connectivity index (χ3v) is 4.38. The van der Waals surface area contributed by atoms with Crippen LogP contribution in [0.5, 0.6) is 0 Å². The highest BCUT2D eigenvalue weighted by molar-refractivity contribution is 5.97. The highest BCUT2D eigenvalue weighted by Gasteiger charge is 2.22. The number of carbonyl (C=O) groups is 1. The van der Waals surface area contributed by atoms with Crippen molar-refractivity contribution in [1.82, 2.24) is 9.80 Å². The van der Waals surface area contributed by atoms with E-state index in [1.54, 1.807) is 11.1 Å². The van der Waals surface area contributed by atoms with Gasteiger partial charge in [-0.25, -0.2) is 0 Å². The van der Waals surface area contributed by atoms with Gasteiger partial charge in [-0.2, -0.15) is 5.26 Å². The first kappa shape index (κ1) is 18.1. The summed E-state index contributed by atoms with van der Waals surface area (Å²) >= 11 is 0. The second-order valence-electron chi connectivity index (χ2n) is 6.62. The van der Waals surface area contributed by atoms with Gasteiger partial charge in [-0.05, 0) is 32.3 Å². The van der Waals surface area contributed by atoms with Crippen LogP contribution < -0.4 is 0 Å². The van der Waals surface area contributed by atoms with E-state index < -0.39 is 0 Å². The number of nitriles is 1. The lowest BCUT2D eigenvalue weighted by molar-refractivity contribution is -0.129. The molecule has 1 aliphatic heterocycles. The average Bonchev–Trinajstić information content (AvgIpc) is 2.86. The zero-order valence-electron chi connectivity index (χ0n) is 14.7. The van der Waals surface area contributed by atoms with E-state index in [4.69, 9.17) is 0 Å². The Morgan fingerprint density at radius 1 is 1.21 bits per heavy atom. The van der Waals surface area contributed by atoms with Crippen LogP contribution in [0.3, 0.4) is 0 Å². The molecule has 1 fully saturated rings. The number of hydrogen-bond donors (Lipinski definition) is 0. The topological polar surface area (TPSA) is 47.3 Å². The molecule has 4 heteroatoms. The van der Waals surface area contributed by atoms with Crippen LogP contribution in [-0.2, 0) is 11.3 Å². The van der Waals surface area contributed by atoms with Crippen molar-refractivity contribution in [2.45, 2.75) is 52.1 Å². The molecule has 0 saturated carbocycles. The fourth-order valence-electron chi connectivity index (χ4n) is 2.96. The largest absolute Gasteiger partial charge is 0.376 e. The maximum absolute atomic E-state index is 12.9. The van der Waals surface area contributed by atoms with E-state index in [-0.39, 0.29) is 17.5 Å². The van der Waals surface area contributed by atoms with Crippen LogP contribution >= 0.6 is 0 Å². The molecule has 0 bridgehead atoms. The highest BCUT2D eigenvalue weighted by Crippen LogP contribution is 2.15. The van der Waals surface area contributed by atoms with Crippen LogP contribution in [0.15, 0.2) is 42.1 Å². The van der Waals surface area contributed by atoms with Gasteiger partial charge in [0.05, 0.1) is 0 Å². The van der Waals surface area contributed by atoms with Gasteiger partial charge in [-0.15, -0.1) is 0 Å². The summed E-state index contributed by atoms with van der Waals surface area (Å²) in [5.74, 6) is -0.180. The Labute approximate surface area is 145 Å². The molecule has 0 N–H and O–H groups in total. The highest BCUT2D eigenvalue weighted by atomic mass is 16.2. The molecule has 1 saturated heterocycles. The average molecular weight is 325 g/mol. The summed E-state index contributed by atoms with van der Waals surface area (Å²) < 4.78 is 0. The molecule has 2 rings (SSSR count). The minimum absolute atomic E-state index is 0.0404. The first-order valence-corrected chi connectivity index (χ1v) is 8.82. The van der Waals surface area contributed by atoms with E-state index in [0.717, 1.165) is 31.5 Å². The molecule has 0 aliphatic carbocycles. The predicted molar refractivity (Wildman–Crippen MR) is 95.9 cm³/mol. The Hall–Kier alpha value is -2.28. The molecular weight excluding hydrogens is 298 g/mol. The van der Waals surface area contributed by atoms with E-state index in [2.05, 4.69) is 11.0 Å². The summed E-state index contributed by atoms with van der Waals surface area (Å²) in [6, 6.07) is 12.1. The molecule has 1 aliphatic rings. The van der Waals surface area contributed by atoms with Gasteiger partial charge in [-0.3, -0.25) is 4.79 Å².